The number of anilines is 1. The summed E-state index contributed by atoms with van der Waals surface area (Å²) in [5, 5.41) is 11.8. The lowest BCUT2D eigenvalue weighted by Gasteiger charge is -2.26. The zero-order chi connectivity index (χ0) is 22.3. The van der Waals surface area contributed by atoms with Gasteiger partial charge in [0.15, 0.2) is 5.65 Å². The average molecular weight is 435 g/mol. The van der Waals surface area contributed by atoms with Crippen LogP contribution in [0.25, 0.3) is 22.3 Å². The summed E-state index contributed by atoms with van der Waals surface area (Å²) in [4.78, 5) is 21.7. The number of likely N-dealkylation sites (tertiary alicyclic amines) is 1. The van der Waals surface area contributed by atoms with Crippen LogP contribution in [0, 0.1) is 0 Å². The molecule has 3 aromatic rings. The van der Waals surface area contributed by atoms with Crippen molar-refractivity contribution in [2.24, 2.45) is 0 Å². The molecular weight excluding hydrogens is 400 g/mol. The fraction of sp³-hybridized carbons (Fsp3) is 0.480. The number of fused-ring (bicyclic) bond motifs is 1. The average Bonchev–Trinajstić information content (AvgIpc) is 3.32. The van der Waals surface area contributed by atoms with E-state index in [-0.39, 0.29) is 5.91 Å². The van der Waals surface area contributed by atoms with Crippen molar-refractivity contribution in [1.29, 1.82) is 0 Å². The molecule has 1 amide bonds. The molecule has 1 aromatic carbocycles. The van der Waals surface area contributed by atoms with Crippen molar-refractivity contribution in [2.45, 2.75) is 39.5 Å². The van der Waals surface area contributed by atoms with Crippen LogP contribution in [0.5, 0.6) is 0 Å². The molecule has 2 aromatic heterocycles. The van der Waals surface area contributed by atoms with Gasteiger partial charge in [0.25, 0.3) is 5.91 Å². The van der Waals surface area contributed by atoms with Crippen molar-refractivity contribution < 1.29 is 4.79 Å². The molecule has 0 saturated carbocycles. The number of nitrogens with zero attached hydrogens (tertiary/aromatic N) is 4. The molecule has 4 rings (SSSR count). The topological polar surface area (TPSA) is 77.2 Å². The van der Waals surface area contributed by atoms with Gasteiger partial charge < -0.3 is 15.1 Å². The molecule has 0 atom stereocenters. The third kappa shape index (κ3) is 5.10. The van der Waals surface area contributed by atoms with Crippen molar-refractivity contribution in [2.75, 3.05) is 44.6 Å². The molecule has 32 heavy (non-hydrogen) atoms. The highest BCUT2D eigenvalue weighted by Crippen LogP contribution is 2.27. The summed E-state index contributed by atoms with van der Waals surface area (Å²) in [5.74, 6) is 0.0644. The summed E-state index contributed by atoms with van der Waals surface area (Å²) in [6.45, 7) is 9.94. The molecule has 0 aliphatic carbocycles. The molecule has 1 aliphatic heterocycles. The summed E-state index contributed by atoms with van der Waals surface area (Å²) >= 11 is 0. The van der Waals surface area contributed by atoms with E-state index in [1.54, 1.807) is 0 Å². The molecule has 170 valence electrons. The van der Waals surface area contributed by atoms with Crippen LogP contribution in [0.4, 0.5) is 5.69 Å². The molecule has 2 N–H and O–H groups in total. The van der Waals surface area contributed by atoms with Crippen molar-refractivity contribution >= 4 is 22.6 Å². The van der Waals surface area contributed by atoms with Gasteiger partial charge in [-0.1, -0.05) is 18.6 Å². The van der Waals surface area contributed by atoms with Crippen LogP contribution in [-0.2, 0) is 0 Å². The number of hydrogen-bond donors (Lipinski definition) is 2. The van der Waals surface area contributed by atoms with Gasteiger partial charge in [-0.25, -0.2) is 4.98 Å². The molecule has 1 saturated heterocycles. The molecule has 1 aliphatic rings. The predicted octanol–water partition coefficient (Wildman–Crippen LogP) is 4.39. The van der Waals surface area contributed by atoms with Gasteiger partial charge >= 0.3 is 0 Å². The van der Waals surface area contributed by atoms with Gasteiger partial charge in [0.2, 0.25) is 0 Å². The Kier molecular flexibility index (Phi) is 7.37. The van der Waals surface area contributed by atoms with Gasteiger partial charge in [-0.15, -0.1) is 0 Å². The van der Waals surface area contributed by atoms with Gasteiger partial charge in [0.1, 0.15) is 0 Å². The van der Waals surface area contributed by atoms with E-state index in [0.717, 1.165) is 47.5 Å². The number of H-pyrrole nitrogens is 1. The molecule has 7 heteroatoms. The summed E-state index contributed by atoms with van der Waals surface area (Å²) in [6, 6.07) is 9.81. The highest BCUT2D eigenvalue weighted by Gasteiger charge is 2.14. The lowest BCUT2D eigenvalue weighted by Crippen LogP contribution is -2.31. The Labute approximate surface area is 190 Å². The van der Waals surface area contributed by atoms with Crippen molar-refractivity contribution in [3.63, 3.8) is 0 Å². The molecule has 1 fully saturated rings. The second-order valence-electron chi connectivity index (χ2n) is 8.42. The Morgan fingerprint density at radius 1 is 1.12 bits per heavy atom. The van der Waals surface area contributed by atoms with Crippen molar-refractivity contribution in [3.8, 4) is 11.3 Å². The first-order valence-corrected chi connectivity index (χ1v) is 11.9. The summed E-state index contributed by atoms with van der Waals surface area (Å²) < 4.78 is 0. The number of hydrogen-bond acceptors (Lipinski definition) is 5. The number of aromatic amines is 1. The van der Waals surface area contributed by atoms with E-state index in [1.807, 2.05) is 49.2 Å². The van der Waals surface area contributed by atoms with E-state index in [9.17, 15) is 4.79 Å². The summed E-state index contributed by atoms with van der Waals surface area (Å²) in [6.07, 6.45) is 6.97. The Hall–Kier alpha value is -2.93. The van der Waals surface area contributed by atoms with E-state index >= 15 is 0 Å². The van der Waals surface area contributed by atoms with Crippen LogP contribution in [0.2, 0.25) is 0 Å². The predicted molar refractivity (Wildman–Crippen MR) is 130 cm³/mol. The Bertz CT molecular complexity index is 1020. The smallest absolute Gasteiger partial charge is 0.253 e. The highest BCUT2D eigenvalue weighted by atomic mass is 16.2. The van der Waals surface area contributed by atoms with E-state index in [4.69, 9.17) is 4.98 Å². The lowest BCUT2D eigenvalue weighted by atomic mass is 10.1. The minimum atomic E-state index is 0.0644. The Morgan fingerprint density at radius 3 is 2.59 bits per heavy atom. The maximum absolute atomic E-state index is 12.6. The fourth-order valence-corrected chi connectivity index (χ4v) is 4.41. The standard InChI is InChI=1S/C25H34N6O/c1-3-31(4-2)25(32)20-11-9-19(10-12-20)22-17-23(21-18-27-29-24(21)28-22)26-13-8-16-30-14-6-5-7-15-30/h9-12,17-18H,3-8,13-16H2,1-2H3,(H2,26,27,28,29). The maximum Gasteiger partial charge on any atom is 0.253 e. The largest absolute Gasteiger partial charge is 0.384 e. The van der Waals surface area contributed by atoms with Gasteiger partial charge in [0.05, 0.1) is 17.3 Å². The first kappa shape index (κ1) is 22.3. The lowest BCUT2D eigenvalue weighted by molar-refractivity contribution is 0.0773. The van der Waals surface area contributed by atoms with Crippen LogP contribution in [0.15, 0.2) is 36.5 Å². The van der Waals surface area contributed by atoms with Crippen LogP contribution in [0.1, 0.15) is 49.9 Å². The number of pyridine rings is 1. The summed E-state index contributed by atoms with van der Waals surface area (Å²) in [5.41, 5.74) is 4.36. The van der Waals surface area contributed by atoms with E-state index in [2.05, 4.69) is 26.5 Å². The molecule has 0 radical (unpaired) electrons. The second kappa shape index (κ2) is 10.6. The molecule has 0 spiro atoms. The van der Waals surface area contributed by atoms with Crippen LogP contribution in [-0.4, -0.2) is 70.2 Å². The number of aromatic nitrogens is 3. The first-order valence-electron chi connectivity index (χ1n) is 11.9. The molecule has 0 bridgehead atoms. The number of amides is 1. The third-order valence-corrected chi connectivity index (χ3v) is 6.32. The molecule has 0 unspecified atom stereocenters. The Morgan fingerprint density at radius 2 is 1.88 bits per heavy atom. The number of benzene rings is 1. The highest BCUT2D eigenvalue weighted by molar-refractivity contribution is 5.95. The minimum absolute atomic E-state index is 0.0644. The van der Waals surface area contributed by atoms with Crippen molar-refractivity contribution in [3.05, 3.63) is 42.1 Å². The summed E-state index contributed by atoms with van der Waals surface area (Å²) in [7, 11) is 0. The second-order valence-corrected chi connectivity index (χ2v) is 8.42. The SMILES string of the molecule is CCN(CC)C(=O)c1ccc(-c2cc(NCCCN3CCCCC3)c3cn[nH]c3n2)cc1. The quantitative estimate of drug-likeness (QED) is 0.488. The number of piperidine rings is 1. The molecule has 7 nitrogen and oxygen atoms in total. The van der Waals surface area contributed by atoms with Gasteiger partial charge in [-0.2, -0.15) is 5.10 Å². The number of carbonyl (C=O) groups excluding carboxylic acids is 1. The number of nitrogens with one attached hydrogen (secondary N) is 2. The molecule has 3 heterocycles. The van der Waals surface area contributed by atoms with E-state index < -0.39 is 0 Å². The zero-order valence-electron chi connectivity index (χ0n) is 19.2. The van der Waals surface area contributed by atoms with Crippen LogP contribution < -0.4 is 5.32 Å². The van der Waals surface area contributed by atoms with Gasteiger partial charge in [-0.3, -0.25) is 9.89 Å². The van der Waals surface area contributed by atoms with Gasteiger partial charge in [-0.05, 0) is 70.9 Å². The van der Waals surface area contributed by atoms with Crippen LogP contribution >= 0.6 is 0 Å². The maximum atomic E-state index is 12.6. The van der Waals surface area contributed by atoms with Crippen molar-refractivity contribution in [1.82, 2.24) is 25.0 Å². The third-order valence-electron chi connectivity index (χ3n) is 6.32. The number of carbonyl (C=O) groups is 1. The number of rotatable bonds is 9. The first-order chi connectivity index (χ1) is 15.7. The molecular formula is C25H34N6O. The fourth-order valence-electron chi connectivity index (χ4n) is 4.41. The minimum Gasteiger partial charge on any atom is -0.384 e. The van der Waals surface area contributed by atoms with E-state index in [1.165, 1.54) is 32.4 Å². The zero-order valence-corrected chi connectivity index (χ0v) is 19.2. The van der Waals surface area contributed by atoms with Crippen LogP contribution in [0.3, 0.4) is 0 Å². The normalized spacial score (nSPS) is 14.6. The monoisotopic (exact) mass is 434 g/mol. The Balaban J connectivity index is 1.46. The van der Waals surface area contributed by atoms with Gasteiger partial charge in [0, 0.05) is 36.4 Å². The van der Waals surface area contributed by atoms with E-state index in [0.29, 0.717) is 18.7 Å².